The van der Waals surface area contributed by atoms with Gasteiger partial charge < -0.3 is 14.8 Å². The number of imide groups is 1. The standard InChI is InChI=1S/C33H36N4O4S2/c1-21-18-23(19-27-31(40)36(33(41)43-27)20-28(38)35-16-10-3-4-11-17-35)22(2)37(21)32-29(25-14-8-9-15-26(25)42-32)30(39)34-24-12-6-5-7-13-24/h5-7,12-13,18-19H,3-4,8-11,14-17,20H2,1-2H3,(H,34,39). The minimum absolute atomic E-state index is 0.121. The van der Waals surface area contributed by atoms with Crippen LogP contribution in [0.15, 0.2) is 41.3 Å². The van der Waals surface area contributed by atoms with E-state index in [4.69, 9.17) is 0 Å². The number of para-hydroxylation sites is 1. The first-order valence-corrected chi connectivity index (χ1v) is 16.7. The molecule has 2 fully saturated rings. The Bertz CT molecular complexity index is 1610. The number of thiophene rings is 1. The van der Waals surface area contributed by atoms with Crippen molar-refractivity contribution in [1.29, 1.82) is 0 Å². The van der Waals surface area contributed by atoms with Gasteiger partial charge in [-0.3, -0.25) is 24.1 Å². The van der Waals surface area contributed by atoms with Crippen LogP contribution in [0.4, 0.5) is 10.5 Å². The van der Waals surface area contributed by atoms with Crippen molar-refractivity contribution in [2.75, 3.05) is 25.0 Å². The summed E-state index contributed by atoms with van der Waals surface area (Å²) in [5.74, 6) is -0.728. The van der Waals surface area contributed by atoms with Crippen LogP contribution in [0.1, 0.15) is 76.3 Å². The number of thioether (sulfide) groups is 1. The van der Waals surface area contributed by atoms with Crippen molar-refractivity contribution in [2.24, 2.45) is 0 Å². The number of carbonyl (C=O) groups is 4. The van der Waals surface area contributed by atoms with Crippen molar-refractivity contribution in [3.8, 4) is 5.00 Å². The molecule has 10 heteroatoms. The topological polar surface area (TPSA) is 91.7 Å². The average molecular weight is 617 g/mol. The van der Waals surface area contributed by atoms with Gasteiger partial charge in [-0.2, -0.15) is 0 Å². The zero-order chi connectivity index (χ0) is 30.1. The molecule has 4 heterocycles. The summed E-state index contributed by atoms with van der Waals surface area (Å²) >= 11 is 2.54. The third-order valence-electron chi connectivity index (χ3n) is 8.50. The van der Waals surface area contributed by atoms with E-state index in [1.807, 2.05) is 50.2 Å². The molecule has 8 nitrogen and oxygen atoms in total. The number of nitrogens with one attached hydrogen (secondary N) is 1. The van der Waals surface area contributed by atoms with E-state index in [1.54, 1.807) is 22.3 Å². The van der Waals surface area contributed by atoms with Gasteiger partial charge in [-0.1, -0.05) is 31.0 Å². The van der Waals surface area contributed by atoms with Gasteiger partial charge in [-0.25, -0.2) is 0 Å². The van der Waals surface area contributed by atoms with Crippen molar-refractivity contribution >= 4 is 57.8 Å². The van der Waals surface area contributed by atoms with Crippen molar-refractivity contribution in [2.45, 2.75) is 65.2 Å². The molecule has 0 atom stereocenters. The highest BCUT2D eigenvalue weighted by atomic mass is 32.2. The van der Waals surface area contributed by atoms with Crippen LogP contribution < -0.4 is 5.32 Å². The van der Waals surface area contributed by atoms with Crippen LogP contribution in [-0.4, -0.2) is 57.0 Å². The molecule has 0 bridgehead atoms. The monoisotopic (exact) mass is 616 g/mol. The summed E-state index contributed by atoms with van der Waals surface area (Å²) in [5.41, 5.74) is 5.22. The largest absolute Gasteiger partial charge is 0.341 e. The molecular formula is C33H36N4O4S2. The molecule has 1 N–H and O–H groups in total. The van der Waals surface area contributed by atoms with Gasteiger partial charge in [-0.15, -0.1) is 11.3 Å². The third-order valence-corrected chi connectivity index (χ3v) is 10.7. The number of amides is 4. The van der Waals surface area contributed by atoms with E-state index in [0.29, 0.717) is 23.6 Å². The number of anilines is 1. The molecule has 0 radical (unpaired) electrons. The second-order valence-electron chi connectivity index (χ2n) is 11.4. The zero-order valence-electron chi connectivity index (χ0n) is 24.6. The lowest BCUT2D eigenvalue weighted by molar-refractivity contribution is -0.135. The fraction of sp³-hybridized carbons (Fsp3) is 0.394. The van der Waals surface area contributed by atoms with Crippen molar-refractivity contribution in [3.63, 3.8) is 0 Å². The summed E-state index contributed by atoms with van der Waals surface area (Å²) in [6, 6.07) is 11.5. The lowest BCUT2D eigenvalue weighted by Crippen LogP contribution is -2.42. The van der Waals surface area contributed by atoms with Gasteiger partial charge in [0.05, 0.1) is 10.5 Å². The molecule has 1 aliphatic carbocycles. The number of nitrogens with zero attached hydrogens (tertiary/aromatic N) is 3. The van der Waals surface area contributed by atoms with Crippen LogP contribution in [0, 0.1) is 13.8 Å². The average Bonchev–Trinajstić information content (AvgIpc) is 3.47. The zero-order valence-corrected chi connectivity index (χ0v) is 26.2. The number of benzene rings is 1. The van der Waals surface area contributed by atoms with E-state index in [-0.39, 0.29) is 18.4 Å². The molecule has 3 aromatic rings. The quantitative estimate of drug-likeness (QED) is 0.310. The second kappa shape index (κ2) is 12.5. The van der Waals surface area contributed by atoms with Gasteiger partial charge >= 0.3 is 0 Å². The van der Waals surface area contributed by atoms with Crippen LogP contribution in [-0.2, 0) is 22.4 Å². The first-order chi connectivity index (χ1) is 20.8. The number of fused-ring (bicyclic) bond motifs is 1. The van der Waals surface area contributed by atoms with E-state index < -0.39 is 11.1 Å². The van der Waals surface area contributed by atoms with Crippen LogP contribution in [0.5, 0.6) is 0 Å². The maximum absolute atomic E-state index is 13.7. The lowest BCUT2D eigenvalue weighted by Gasteiger charge is -2.22. The molecule has 1 aromatic carbocycles. The molecule has 0 unspecified atom stereocenters. The summed E-state index contributed by atoms with van der Waals surface area (Å²) in [6.07, 6.45) is 9.84. The molecule has 2 aliphatic heterocycles. The van der Waals surface area contributed by atoms with Crippen LogP contribution >= 0.6 is 23.1 Å². The molecular weight excluding hydrogens is 581 g/mol. The highest BCUT2D eigenvalue weighted by Crippen LogP contribution is 2.40. The molecule has 4 amide bonds. The molecule has 3 aliphatic rings. The lowest BCUT2D eigenvalue weighted by atomic mass is 9.95. The van der Waals surface area contributed by atoms with Crippen LogP contribution in [0.25, 0.3) is 11.1 Å². The number of aryl methyl sites for hydroxylation is 2. The van der Waals surface area contributed by atoms with Gasteiger partial charge in [0, 0.05) is 35.0 Å². The summed E-state index contributed by atoms with van der Waals surface area (Å²) < 4.78 is 2.10. The normalized spacial score (nSPS) is 18.2. The number of hydrogen-bond acceptors (Lipinski definition) is 6. The smallest absolute Gasteiger partial charge is 0.294 e. The Kier molecular flexibility index (Phi) is 8.59. The fourth-order valence-corrected chi connectivity index (χ4v) is 8.56. The molecule has 6 rings (SSSR count). The predicted molar refractivity (Wildman–Crippen MR) is 172 cm³/mol. The molecule has 0 saturated carbocycles. The Balaban J connectivity index is 1.29. The molecule has 0 spiro atoms. The Morgan fingerprint density at radius 2 is 1.67 bits per heavy atom. The number of aromatic nitrogens is 1. The minimum Gasteiger partial charge on any atom is -0.341 e. The maximum atomic E-state index is 13.7. The van der Waals surface area contributed by atoms with Crippen LogP contribution in [0.2, 0.25) is 0 Å². The van der Waals surface area contributed by atoms with Crippen molar-refractivity contribution in [1.82, 2.24) is 14.4 Å². The summed E-state index contributed by atoms with van der Waals surface area (Å²) in [5, 5.41) is 3.55. The van der Waals surface area contributed by atoms with E-state index in [9.17, 15) is 19.2 Å². The van der Waals surface area contributed by atoms with E-state index in [0.717, 1.165) is 101 Å². The SMILES string of the molecule is Cc1cc(C=C2SC(=O)N(CC(=O)N3CCCCCC3)C2=O)c(C)n1-c1sc2c(c1C(=O)Nc1ccccc1)CCCC2. The number of likely N-dealkylation sites (tertiary alicyclic amines) is 1. The maximum Gasteiger partial charge on any atom is 0.294 e. The molecule has 2 aromatic heterocycles. The van der Waals surface area contributed by atoms with E-state index in [1.165, 1.54) is 4.88 Å². The molecule has 43 heavy (non-hydrogen) atoms. The van der Waals surface area contributed by atoms with Crippen molar-refractivity contribution in [3.05, 3.63) is 74.3 Å². The van der Waals surface area contributed by atoms with Crippen LogP contribution in [0.3, 0.4) is 0 Å². The Morgan fingerprint density at radius 3 is 2.42 bits per heavy atom. The second-order valence-corrected chi connectivity index (χ2v) is 13.5. The first-order valence-electron chi connectivity index (χ1n) is 15.0. The summed E-state index contributed by atoms with van der Waals surface area (Å²) in [6.45, 7) is 5.10. The Morgan fingerprint density at radius 1 is 0.953 bits per heavy atom. The Labute approximate surface area is 260 Å². The van der Waals surface area contributed by atoms with Gasteiger partial charge in [0.2, 0.25) is 5.91 Å². The van der Waals surface area contributed by atoms with Gasteiger partial charge in [0.15, 0.2) is 0 Å². The van der Waals surface area contributed by atoms with Crippen molar-refractivity contribution < 1.29 is 19.2 Å². The van der Waals surface area contributed by atoms with Gasteiger partial charge in [0.25, 0.3) is 17.1 Å². The highest BCUT2D eigenvalue weighted by Gasteiger charge is 2.37. The minimum atomic E-state index is -0.433. The van der Waals surface area contributed by atoms with Gasteiger partial charge in [-0.05, 0) is 99.5 Å². The van der Waals surface area contributed by atoms with Gasteiger partial charge in [0.1, 0.15) is 11.5 Å². The predicted octanol–water partition coefficient (Wildman–Crippen LogP) is 6.73. The number of rotatable bonds is 6. The van der Waals surface area contributed by atoms with E-state index >= 15 is 0 Å². The summed E-state index contributed by atoms with van der Waals surface area (Å²) in [4.78, 5) is 57.2. The van der Waals surface area contributed by atoms with E-state index in [2.05, 4.69) is 9.88 Å². The fourth-order valence-electron chi connectivity index (χ4n) is 6.24. The summed E-state index contributed by atoms with van der Waals surface area (Å²) in [7, 11) is 0. The molecule has 224 valence electrons. The first kappa shape index (κ1) is 29.4. The third kappa shape index (κ3) is 5.95. The Hall–Kier alpha value is -3.63. The number of hydrogen-bond donors (Lipinski definition) is 1. The highest BCUT2D eigenvalue weighted by molar-refractivity contribution is 8.18. The molecule has 2 saturated heterocycles. The number of carbonyl (C=O) groups excluding carboxylic acids is 4.